The van der Waals surface area contributed by atoms with Gasteiger partial charge in [-0.25, -0.2) is 4.79 Å². The van der Waals surface area contributed by atoms with Crippen LogP contribution in [0.4, 0.5) is 16.2 Å². The van der Waals surface area contributed by atoms with Crippen LogP contribution in [0.3, 0.4) is 0 Å². The van der Waals surface area contributed by atoms with Crippen molar-refractivity contribution in [2.45, 2.75) is 6.42 Å². The topological polar surface area (TPSA) is 58.4 Å². The highest BCUT2D eigenvalue weighted by Crippen LogP contribution is 2.29. The van der Waals surface area contributed by atoms with Crippen LogP contribution < -0.4 is 16.0 Å². The number of amides is 2. The third-order valence-corrected chi connectivity index (χ3v) is 2.46. The number of nitrogens with zero attached hydrogens (tertiary/aromatic N) is 1. The number of nitrogens with one attached hydrogen (secondary N) is 1. The van der Waals surface area contributed by atoms with Crippen LogP contribution in [0.15, 0.2) is 18.2 Å². The van der Waals surface area contributed by atoms with Crippen LogP contribution >= 0.6 is 0 Å². The number of fused-ring (bicyclic) bond motifs is 1. The van der Waals surface area contributed by atoms with E-state index in [-0.39, 0.29) is 6.03 Å². The van der Waals surface area contributed by atoms with Crippen LogP contribution in [0.2, 0.25) is 0 Å². The summed E-state index contributed by atoms with van der Waals surface area (Å²) in [7, 11) is 1.64. The molecule has 4 nitrogen and oxygen atoms in total. The standard InChI is InChI=1S/C10H13N3O/c1-12-10(14)13-5-4-7-6-8(11)2-3-9(7)13/h2-3,6H,4-5,11H2,1H3,(H,12,14). The molecule has 14 heavy (non-hydrogen) atoms. The summed E-state index contributed by atoms with van der Waals surface area (Å²) in [6, 6.07) is 5.58. The molecule has 0 spiro atoms. The van der Waals surface area contributed by atoms with Crippen LogP contribution in [0.25, 0.3) is 0 Å². The van der Waals surface area contributed by atoms with Crippen LogP contribution in [-0.2, 0) is 6.42 Å². The summed E-state index contributed by atoms with van der Waals surface area (Å²) in [6.07, 6.45) is 0.883. The average Bonchev–Trinajstić information content (AvgIpc) is 2.59. The van der Waals surface area contributed by atoms with E-state index in [9.17, 15) is 4.79 Å². The van der Waals surface area contributed by atoms with Crippen molar-refractivity contribution < 1.29 is 4.79 Å². The van der Waals surface area contributed by atoms with Crippen molar-refractivity contribution in [3.63, 3.8) is 0 Å². The molecular formula is C10H13N3O. The van der Waals surface area contributed by atoms with Crippen molar-refractivity contribution in [1.82, 2.24) is 5.32 Å². The normalized spacial score (nSPS) is 13.9. The fraction of sp³-hybridized carbons (Fsp3) is 0.300. The second-order valence-corrected chi connectivity index (χ2v) is 3.34. The Balaban J connectivity index is 2.35. The van der Waals surface area contributed by atoms with E-state index >= 15 is 0 Å². The molecule has 74 valence electrons. The number of hydrogen-bond acceptors (Lipinski definition) is 2. The molecule has 1 aliphatic rings. The lowest BCUT2D eigenvalue weighted by molar-refractivity contribution is 0.248. The maximum Gasteiger partial charge on any atom is 0.321 e. The van der Waals surface area contributed by atoms with Crippen LogP contribution in [0.1, 0.15) is 5.56 Å². The summed E-state index contributed by atoms with van der Waals surface area (Å²) in [4.78, 5) is 13.2. The average molecular weight is 191 g/mol. The van der Waals surface area contributed by atoms with Crippen LogP contribution in [-0.4, -0.2) is 19.6 Å². The first-order valence-corrected chi connectivity index (χ1v) is 4.60. The van der Waals surface area contributed by atoms with Crippen molar-refractivity contribution in [3.8, 4) is 0 Å². The number of anilines is 2. The lowest BCUT2D eigenvalue weighted by Gasteiger charge is -2.16. The molecule has 0 radical (unpaired) electrons. The quantitative estimate of drug-likeness (QED) is 0.600. The van der Waals surface area contributed by atoms with Gasteiger partial charge in [0, 0.05) is 25.0 Å². The number of nitrogens with two attached hydrogens (primary N) is 1. The Labute approximate surface area is 82.7 Å². The van der Waals surface area contributed by atoms with E-state index < -0.39 is 0 Å². The summed E-state index contributed by atoms with van der Waals surface area (Å²) >= 11 is 0. The Hall–Kier alpha value is -1.71. The predicted molar refractivity (Wildman–Crippen MR) is 56.4 cm³/mol. The number of carbonyl (C=O) groups is 1. The SMILES string of the molecule is CNC(=O)N1CCc2cc(N)ccc21. The van der Waals surface area contributed by atoms with E-state index in [2.05, 4.69) is 5.32 Å². The van der Waals surface area contributed by atoms with Gasteiger partial charge in [-0.3, -0.25) is 4.90 Å². The van der Waals surface area contributed by atoms with E-state index in [0.29, 0.717) is 0 Å². The zero-order chi connectivity index (χ0) is 10.1. The van der Waals surface area contributed by atoms with Gasteiger partial charge in [0.1, 0.15) is 0 Å². The Bertz CT molecular complexity index is 376. The highest BCUT2D eigenvalue weighted by atomic mass is 16.2. The minimum atomic E-state index is -0.0616. The molecule has 0 fully saturated rings. The second-order valence-electron chi connectivity index (χ2n) is 3.34. The zero-order valence-corrected chi connectivity index (χ0v) is 8.08. The van der Waals surface area contributed by atoms with Gasteiger partial charge in [-0.05, 0) is 30.2 Å². The highest BCUT2D eigenvalue weighted by molar-refractivity contribution is 5.94. The molecule has 0 atom stereocenters. The number of hydrogen-bond donors (Lipinski definition) is 2. The predicted octanol–water partition coefficient (Wildman–Crippen LogP) is 0.971. The van der Waals surface area contributed by atoms with Gasteiger partial charge in [0.05, 0.1) is 0 Å². The summed E-state index contributed by atoms with van der Waals surface area (Å²) < 4.78 is 0. The zero-order valence-electron chi connectivity index (χ0n) is 8.08. The molecule has 0 saturated carbocycles. The largest absolute Gasteiger partial charge is 0.399 e. The van der Waals surface area contributed by atoms with E-state index in [1.165, 1.54) is 0 Å². The monoisotopic (exact) mass is 191 g/mol. The van der Waals surface area contributed by atoms with Gasteiger partial charge < -0.3 is 11.1 Å². The third-order valence-electron chi connectivity index (χ3n) is 2.46. The van der Waals surface area contributed by atoms with E-state index in [1.54, 1.807) is 11.9 Å². The number of nitrogen functional groups attached to an aromatic ring is 1. The van der Waals surface area contributed by atoms with Crippen molar-refractivity contribution in [2.75, 3.05) is 24.2 Å². The number of carbonyl (C=O) groups excluding carboxylic acids is 1. The van der Waals surface area contributed by atoms with E-state index in [4.69, 9.17) is 5.73 Å². The Kier molecular flexibility index (Phi) is 2.04. The molecule has 0 unspecified atom stereocenters. The molecule has 4 heteroatoms. The number of rotatable bonds is 0. The number of benzene rings is 1. The second kappa shape index (κ2) is 3.21. The first-order chi connectivity index (χ1) is 6.72. The fourth-order valence-corrected chi connectivity index (χ4v) is 1.77. The van der Waals surface area contributed by atoms with Crippen molar-refractivity contribution in [1.29, 1.82) is 0 Å². The van der Waals surface area contributed by atoms with Gasteiger partial charge >= 0.3 is 6.03 Å². The molecule has 1 heterocycles. The van der Waals surface area contributed by atoms with E-state index in [1.807, 2.05) is 18.2 Å². The Morgan fingerprint density at radius 2 is 2.36 bits per heavy atom. The maximum atomic E-state index is 11.4. The Morgan fingerprint density at radius 3 is 3.07 bits per heavy atom. The van der Waals surface area contributed by atoms with Gasteiger partial charge in [0.25, 0.3) is 0 Å². The van der Waals surface area contributed by atoms with Crippen LogP contribution in [0.5, 0.6) is 0 Å². The fourth-order valence-electron chi connectivity index (χ4n) is 1.77. The number of urea groups is 1. The molecule has 0 saturated heterocycles. The molecular weight excluding hydrogens is 178 g/mol. The summed E-state index contributed by atoms with van der Waals surface area (Å²) in [5.41, 5.74) is 8.54. The van der Waals surface area contributed by atoms with Gasteiger partial charge in [-0.2, -0.15) is 0 Å². The smallest absolute Gasteiger partial charge is 0.321 e. The molecule has 0 aromatic heterocycles. The minimum absolute atomic E-state index is 0.0616. The van der Waals surface area contributed by atoms with Crippen molar-refractivity contribution >= 4 is 17.4 Å². The summed E-state index contributed by atoms with van der Waals surface area (Å²) in [6.45, 7) is 0.735. The first kappa shape index (κ1) is 8.87. The maximum absolute atomic E-state index is 11.4. The molecule has 0 aliphatic carbocycles. The minimum Gasteiger partial charge on any atom is -0.399 e. The first-order valence-electron chi connectivity index (χ1n) is 4.60. The van der Waals surface area contributed by atoms with Crippen molar-refractivity contribution in [2.24, 2.45) is 0 Å². The molecule has 1 aliphatic heterocycles. The van der Waals surface area contributed by atoms with Gasteiger partial charge in [0.2, 0.25) is 0 Å². The van der Waals surface area contributed by atoms with E-state index in [0.717, 1.165) is 29.9 Å². The van der Waals surface area contributed by atoms with Gasteiger partial charge in [0.15, 0.2) is 0 Å². The lowest BCUT2D eigenvalue weighted by atomic mass is 10.1. The Morgan fingerprint density at radius 1 is 1.57 bits per heavy atom. The van der Waals surface area contributed by atoms with Crippen molar-refractivity contribution in [3.05, 3.63) is 23.8 Å². The third kappa shape index (κ3) is 1.28. The summed E-state index contributed by atoms with van der Waals surface area (Å²) in [5, 5.41) is 2.62. The molecule has 2 amide bonds. The lowest BCUT2D eigenvalue weighted by Crippen LogP contribution is -2.36. The molecule has 3 N–H and O–H groups in total. The summed E-state index contributed by atoms with van der Waals surface area (Å²) in [5.74, 6) is 0. The molecule has 2 rings (SSSR count). The molecule has 0 bridgehead atoms. The highest BCUT2D eigenvalue weighted by Gasteiger charge is 2.23. The molecule has 1 aromatic carbocycles. The van der Waals surface area contributed by atoms with Gasteiger partial charge in [-0.15, -0.1) is 0 Å². The van der Waals surface area contributed by atoms with Gasteiger partial charge in [-0.1, -0.05) is 0 Å². The molecule has 1 aromatic rings. The van der Waals surface area contributed by atoms with Crippen LogP contribution in [0, 0.1) is 0 Å².